The summed E-state index contributed by atoms with van der Waals surface area (Å²) in [6.45, 7) is 14.7. The third-order valence-corrected chi connectivity index (χ3v) is 8.69. The number of fused-ring (bicyclic) bond motifs is 1. The molecule has 0 aromatic heterocycles. The van der Waals surface area contributed by atoms with Gasteiger partial charge in [0.2, 0.25) is 0 Å². The molecule has 3 fully saturated rings. The average molecular weight is 431 g/mol. The second kappa shape index (κ2) is 9.15. The van der Waals surface area contributed by atoms with Crippen LogP contribution < -0.4 is 0 Å². The summed E-state index contributed by atoms with van der Waals surface area (Å²) in [5.41, 5.74) is 2.27. The van der Waals surface area contributed by atoms with E-state index < -0.39 is 17.3 Å². The van der Waals surface area contributed by atoms with E-state index in [0.29, 0.717) is 30.1 Å². The van der Waals surface area contributed by atoms with Crippen molar-refractivity contribution in [3.8, 4) is 0 Å². The molecule has 3 aliphatic rings. The second-order valence-corrected chi connectivity index (χ2v) is 12.1. The molecule has 6 atom stereocenters. The normalized spacial score (nSPS) is 40.4. The van der Waals surface area contributed by atoms with Crippen molar-refractivity contribution >= 4 is 0 Å². The third-order valence-electron chi connectivity index (χ3n) is 8.69. The summed E-state index contributed by atoms with van der Waals surface area (Å²) < 4.78 is 0. The highest BCUT2D eigenvalue weighted by Crippen LogP contribution is 2.60. The number of rotatable bonds is 6. The van der Waals surface area contributed by atoms with E-state index in [-0.39, 0.29) is 0 Å². The van der Waals surface area contributed by atoms with Gasteiger partial charge in [0.15, 0.2) is 0 Å². The first kappa shape index (κ1) is 24.7. The van der Waals surface area contributed by atoms with Gasteiger partial charge in [-0.2, -0.15) is 0 Å². The molecule has 3 aliphatic carbocycles. The van der Waals surface area contributed by atoms with Crippen molar-refractivity contribution in [3.63, 3.8) is 0 Å². The van der Waals surface area contributed by atoms with Gasteiger partial charge in [-0.05, 0) is 93.6 Å². The first-order chi connectivity index (χ1) is 14.3. The van der Waals surface area contributed by atoms with E-state index in [9.17, 15) is 15.3 Å². The molecule has 0 bridgehead atoms. The molecule has 176 valence electrons. The topological polar surface area (TPSA) is 60.7 Å². The highest BCUT2D eigenvalue weighted by molar-refractivity contribution is 5.39. The molecule has 0 unspecified atom stereocenters. The summed E-state index contributed by atoms with van der Waals surface area (Å²) in [4.78, 5) is 0. The Hall–Kier alpha value is -0.900. The van der Waals surface area contributed by atoms with E-state index in [1.807, 2.05) is 20.8 Å². The van der Waals surface area contributed by atoms with Crippen LogP contribution in [0.25, 0.3) is 0 Å². The van der Waals surface area contributed by atoms with Gasteiger partial charge in [0.25, 0.3) is 0 Å². The zero-order valence-corrected chi connectivity index (χ0v) is 20.6. The lowest BCUT2D eigenvalue weighted by Gasteiger charge is -2.44. The Morgan fingerprint density at radius 3 is 2.61 bits per heavy atom. The lowest BCUT2D eigenvalue weighted by molar-refractivity contribution is 0.00361. The minimum atomic E-state index is -0.858. The van der Waals surface area contributed by atoms with Gasteiger partial charge < -0.3 is 15.3 Å². The van der Waals surface area contributed by atoms with E-state index in [4.69, 9.17) is 0 Å². The van der Waals surface area contributed by atoms with Crippen LogP contribution in [-0.4, -0.2) is 32.6 Å². The molecule has 3 rings (SSSR count). The maximum atomic E-state index is 10.5. The first-order valence-electron chi connectivity index (χ1n) is 12.5. The fourth-order valence-electron chi connectivity index (χ4n) is 7.00. The zero-order valence-electron chi connectivity index (χ0n) is 20.6. The molecule has 3 N–H and O–H groups in total. The average Bonchev–Trinajstić information content (AvgIpc) is 2.99. The molecule has 31 heavy (non-hydrogen) atoms. The van der Waals surface area contributed by atoms with Crippen molar-refractivity contribution in [3.05, 3.63) is 35.5 Å². The van der Waals surface area contributed by atoms with Gasteiger partial charge in [-0.3, -0.25) is 0 Å². The van der Waals surface area contributed by atoms with E-state index in [2.05, 4.69) is 32.6 Å². The van der Waals surface area contributed by atoms with Gasteiger partial charge >= 0.3 is 0 Å². The number of allylic oxidation sites excluding steroid dienone is 3. The van der Waals surface area contributed by atoms with E-state index in [1.54, 1.807) is 5.57 Å². The second-order valence-electron chi connectivity index (χ2n) is 12.1. The molecule has 0 heterocycles. The quantitative estimate of drug-likeness (QED) is 0.477. The molecular formula is C28H46O3. The zero-order chi connectivity index (χ0) is 23.0. The molecule has 0 amide bonds. The van der Waals surface area contributed by atoms with Gasteiger partial charge in [0.1, 0.15) is 0 Å². The fourth-order valence-corrected chi connectivity index (χ4v) is 7.00. The van der Waals surface area contributed by atoms with Crippen molar-refractivity contribution in [2.24, 2.45) is 23.2 Å². The molecule has 3 saturated carbocycles. The van der Waals surface area contributed by atoms with Crippen LogP contribution in [0.5, 0.6) is 0 Å². The summed E-state index contributed by atoms with van der Waals surface area (Å²) in [6.07, 6.45) is 14.2. The Labute approximate surface area is 190 Å². The van der Waals surface area contributed by atoms with Crippen LogP contribution in [0.2, 0.25) is 0 Å². The standard InChI is InChI=1S/C28H46O3/c1-19(9-7-15-26(3,4)30)23-13-14-24-21(10-8-16-28(23,24)6)11-12-22-17-27(5,31)18-25(29)20(22)2/h11-12,19,23-25,29-31H,2,7-10,13-18H2,1,3-6H3/b21-11+,22-12-/t19-,23+,24-,25+,27+,28+/m0/s1. The van der Waals surface area contributed by atoms with Gasteiger partial charge in [-0.15, -0.1) is 0 Å². The monoisotopic (exact) mass is 430 g/mol. The SMILES string of the molecule is C=C1/C(=C\C=C2/CCC[C@]3(C)[C@@H]([C@@H](C)CCCC(C)(C)O)CC[C@@H]23)C[C@@](C)(O)C[C@H]1O. The van der Waals surface area contributed by atoms with Gasteiger partial charge in [-0.25, -0.2) is 0 Å². The van der Waals surface area contributed by atoms with Gasteiger partial charge in [-0.1, -0.05) is 51.0 Å². The highest BCUT2D eigenvalue weighted by atomic mass is 16.3. The van der Waals surface area contributed by atoms with Gasteiger partial charge in [0.05, 0.1) is 17.3 Å². The molecule has 0 aliphatic heterocycles. The lowest BCUT2D eigenvalue weighted by atomic mass is 9.60. The van der Waals surface area contributed by atoms with Crippen molar-refractivity contribution in [2.75, 3.05) is 0 Å². The van der Waals surface area contributed by atoms with Crippen molar-refractivity contribution in [1.29, 1.82) is 0 Å². The van der Waals surface area contributed by atoms with E-state index >= 15 is 0 Å². The fraction of sp³-hybridized carbons (Fsp3) is 0.786. The van der Waals surface area contributed by atoms with Crippen LogP contribution in [-0.2, 0) is 0 Å². The van der Waals surface area contributed by atoms with Crippen LogP contribution in [0.1, 0.15) is 98.8 Å². The molecule has 0 aromatic rings. The summed E-state index contributed by atoms with van der Waals surface area (Å²) in [6, 6.07) is 0. The summed E-state index contributed by atoms with van der Waals surface area (Å²) >= 11 is 0. The Morgan fingerprint density at radius 1 is 1.23 bits per heavy atom. The van der Waals surface area contributed by atoms with Gasteiger partial charge in [0, 0.05) is 12.8 Å². The molecule has 0 aromatic carbocycles. The Balaban J connectivity index is 1.72. The number of aliphatic hydroxyl groups is 3. The van der Waals surface area contributed by atoms with Crippen molar-refractivity contribution in [2.45, 2.75) is 116 Å². The highest BCUT2D eigenvalue weighted by Gasteiger charge is 2.50. The van der Waals surface area contributed by atoms with E-state index in [0.717, 1.165) is 36.3 Å². The largest absolute Gasteiger partial charge is 0.390 e. The Morgan fingerprint density at radius 2 is 1.94 bits per heavy atom. The summed E-state index contributed by atoms with van der Waals surface area (Å²) in [7, 11) is 0. The molecule has 0 saturated heterocycles. The molecule has 0 spiro atoms. The number of aliphatic hydroxyl groups excluding tert-OH is 1. The summed E-state index contributed by atoms with van der Waals surface area (Å²) in [5, 5.41) is 30.8. The molecule has 0 radical (unpaired) electrons. The third kappa shape index (κ3) is 5.72. The first-order valence-corrected chi connectivity index (χ1v) is 12.5. The predicted molar refractivity (Wildman–Crippen MR) is 129 cm³/mol. The van der Waals surface area contributed by atoms with Crippen LogP contribution in [0.15, 0.2) is 35.5 Å². The smallest absolute Gasteiger partial charge is 0.0814 e. The maximum absolute atomic E-state index is 10.5. The van der Waals surface area contributed by atoms with Crippen molar-refractivity contribution in [1.82, 2.24) is 0 Å². The maximum Gasteiger partial charge on any atom is 0.0814 e. The lowest BCUT2D eigenvalue weighted by Crippen LogP contribution is -2.37. The van der Waals surface area contributed by atoms with Crippen LogP contribution in [0, 0.1) is 23.2 Å². The van der Waals surface area contributed by atoms with Crippen LogP contribution in [0.3, 0.4) is 0 Å². The van der Waals surface area contributed by atoms with Crippen molar-refractivity contribution < 1.29 is 15.3 Å². The summed E-state index contributed by atoms with van der Waals surface area (Å²) in [5.74, 6) is 2.09. The van der Waals surface area contributed by atoms with E-state index in [1.165, 1.54) is 32.1 Å². The molecule has 3 nitrogen and oxygen atoms in total. The van der Waals surface area contributed by atoms with Crippen LogP contribution >= 0.6 is 0 Å². The minimum absolute atomic E-state index is 0.366. The number of hydrogen-bond acceptors (Lipinski definition) is 3. The van der Waals surface area contributed by atoms with Crippen LogP contribution in [0.4, 0.5) is 0 Å². The Kier molecular flexibility index (Phi) is 7.30. The Bertz CT molecular complexity index is 723. The molecule has 3 heteroatoms. The molecular weight excluding hydrogens is 384 g/mol. The number of hydrogen-bond donors (Lipinski definition) is 3. The minimum Gasteiger partial charge on any atom is -0.390 e. The predicted octanol–water partition coefficient (Wildman–Crippen LogP) is 6.09.